The average Bonchev–Trinajstić information content (AvgIpc) is 2.95. The van der Waals surface area contributed by atoms with E-state index in [0.29, 0.717) is 0 Å². The Labute approximate surface area is 173 Å². The highest BCUT2D eigenvalue weighted by Crippen LogP contribution is 2.26. The third-order valence-corrected chi connectivity index (χ3v) is 6.34. The highest BCUT2D eigenvalue weighted by Gasteiger charge is 2.15. The molecule has 2 aromatic carbocycles. The van der Waals surface area contributed by atoms with E-state index >= 15 is 0 Å². The Kier molecular flexibility index (Phi) is 5.94. The number of sulfonamides is 1. The van der Waals surface area contributed by atoms with E-state index in [1.807, 2.05) is 26.8 Å². The van der Waals surface area contributed by atoms with Crippen LogP contribution in [-0.2, 0) is 16.4 Å². The second-order valence-electron chi connectivity index (χ2n) is 7.26. The molecule has 0 amide bonds. The van der Waals surface area contributed by atoms with Gasteiger partial charge in [0.05, 0.1) is 16.8 Å². The lowest BCUT2D eigenvalue weighted by molar-refractivity contribution is 0.584. The summed E-state index contributed by atoms with van der Waals surface area (Å²) >= 11 is 0. The van der Waals surface area contributed by atoms with Crippen LogP contribution in [0.5, 0.6) is 0 Å². The number of nitrogens with one attached hydrogen (secondary N) is 1. The second kappa shape index (κ2) is 8.25. The summed E-state index contributed by atoms with van der Waals surface area (Å²) in [5, 5.41) is 4.01. The number of aromatic nitrogens is 1. The van der Waals surface area contributed by atoms with Crippen LogP contribution < -0.4 is 4.83 Å². The first kappa shape index (κ1) is 20.9. The van der Waals surface area contributed by atoms with Crippen molar-refractivity contribution in [2.75, 3.05) is 0 Å². The largest absolute Gasteiger partial charge is 0.317 e. The van der Waals surface area contributed by atoms with Gasteiger partial charge in [0.15, 0.2) is 0 Å². The van der Waals surface area contributed by atoms with Crippen LogP contribution in [0.25, 0.3) is 5.69 Å². The minimum absolute atomic E-state index is 0.193. The van der Waals surface area contributed by atoms with Crippen molar-refractivity contribution >= 4 is 16.2 Å². The van der Waals surface area contributed by atoms with E-state index in [4.69, 9.17) is 0 Å². The number of hydrogen-bond acceptors (Lipinski definition) is 3. The molecule has 0 spiro atoms. The number of aryl methyl sites for hydroxylation is 4. The van der Waals surface area contributed by atoms with Gasteiger partial charge in [-0.25, -0.2) is 4.83 Å². The predicted octanol–water partition coefficient (Wildman–Crippen LogP) is 4.59. The smallest absolute Gasteiger partial charge is 0.276 e. The van der Waals surface area contributed by atoms with Crippen LogP contribution in [0.15, 0.2) is 58.5 Å². The first-order valence-corrected chi connectivity index (χ1v) is 11.1. The fourth-order valence-electron chi connectivity index (χ4n) is 3.52. The van der Waals surface area contributed by atoms with E-state index in [1.165, 1.54) is 16.8 Å². The van der Waals surface area contributed by atoms with Crippen LogP contribution in [0.1, 0.15) is 40.6 Å². The van der Waals surface area contributed by atoms with Gasteiger partial charge in [0.1, 0.15) is 0 Å². The van der Waals surface area contributed by atoms with Crippen molar-refractivity contribution in [2.45, 2.75) is 45.9 Å². The van der Waals surface area contributed by atoms with E-state index in [2.05, 4.69) is 46.5 Å². The summed E-state index contributed by atoms with van der Waals surface area (Å²) in [6.45, 7) is 10.2. The zero-order valence-electron chi connectivity index (χ0n) is 17.5. The van der Waals surface area contributed by atoms with E-state index in [9.17, 15) is 8.42 Å². The van der Waals surface area contributed by atoms with Crippen LogP contribution in [0.2, 0.25) is 0 Å². The number of benzene rings is 2. The summed E-state index contributed by atoms with van der Waals surface area (Å²) < 4.78 is 27.0. The summed E-state index contributed by atoms with van der Waals surface area (Å²) in [4.78, 5) is 2.50. The van der Waals surface area contributed by atoms with Crippen LogP contribution in [-0.4, -0.2) is 19.2 Å². The SMILES string of the molecule is CCc1cccc(C)c1-n1c(C)cc(/C=N\NS(=O)(=O)c2ccc(C)cc2)c1C. The van der Waals surface area contributed by atoms with Crippen LogP contribution in [0.4, 0.5) is 0 Å². The van der Waals surface area contributed by atoms with Gasteiger partial charge in [-0.15, -0.1) is 0 Å². The van der Waals surface area contributed by atoms with Crippen molar-refractivity contribution in [1.82, 2.24) is 9.40 Å². The van der Waals surface area contributed by atoms with E-state index in [1.54, 1.807) is 30.5 Å². The fraction of sp³-hybridized carbons (Fsp3) is 0.261. The second-order valence-corrected chi connectivity index (χ2v) is 8.92. The van der Waals surface area contributed by atoms with E-state index < -0.39 is 10.0 Å². The zero-order chi connectivity index (χ0) is 21.2. The number of rotatable bonds is 6. The van der Waals surface area contributed by atoms with Gasteiger partial charge >= 0.3 is 0 Å². The maximum atomic E-state index is 12.4. The van der Waals surface area contributed by atoms with Gasteiger partial charge in [0.25, 0.3) is 10.0 Å². The summed E-state index contributed by atoms with van der Waals surface area (Å²) in [7, 11) is -3.69. The van der Waals surface area contributed by atoms with Crippen molar-refractivity contribution in [3.8, 4) is 5.69 Å². The topological polar surface area (TPSA) is 63.5 Å². The molecule has 1 N–H and O–H groups in total. The molecule has 1 heterocycles. The molecular weight excluding hydrogens is 382 g/mol. The predicted molar refractivity (Wildman–Crippen MR) is 118 cm³/mol. The molecule has 3 rings (SSSR count). The maximum absolute atomic E-state index is 12.4. The normalized spacial score (nSPS) is 11.9. The van der Waals surface area contributed by atoms with Gasteiger partial charge < -0.3 is 4.57 Å². The molecular formula is C23H27N3O2S. The Hall–Kier alpha value is -2.86. The minimum atomic E-state index is -3.69. The van der Waals surface area contributed by atoms with Crippen molar-refractivity contribution in [1.29, 1.82) is 0 Å². The molecule has 0 aliphatic heterocycles. The number of hydrazone groups is 1. The van der Waals surface area contributed by atoms with Gasteiger partial charge in [0, 0.05) is 17.0 Å². The minimum Gasteiger partial charge on any atom is -0.317 e. The number of para-hydroxylation sites is 1. The summed E-state index contributed by atoms with van der Waals surface area (Å²) in [5.41, 5.74) is 7.64. The molecule has 0 unspecified atom stereocenters. The fourth-order valence-corrected chi connectivity index (χ4v) is 4.31. The van der Waals surface area contributed by atoms with Gasteiger partial charge in [-0.3, -0.25) is 0 Å². The van der Waals surface area contributed by atoms with E-state index in [0.717, 1.165) is 28.9 Å². The maximum Gasteiger partial charge on any atom is 0.276 e. The Morgan fingerprint density at radius 2 is 1.72 bits per heavy atom. The van der Waals surface area contributed by atoms with Gasteiger partial charge in [-0.05, 0) is 63.4 Å². The summed E-state index contributed by atoms with van der Waals surface area (Å²) in [6, 6.07) is 15.0. The Balaban J connectivity index is 1.91. The standard InChI is InChI=1S/C23H27N3O2S/c1-6-20-9-7-8-17(3)23(20)26-18(4)14-21(19(26)5)15-24-25-29(27,28)22-12-10-16(2)11-13-22/h7-15,25H,6H2,1-5H3/b24-15-. The number of hydrogen-bond donors (Lipinski definition) is 1. The first-order chi connectivity index (χ1) is 13.7. The van der Waals surface area contributed by atoms with Crippen molar-refractivity contribution < 1.29 is 8.42 Å². The Bertz CT molecular complexity index is 1160. The molecule has 0 aliphatic rings. The lowest BCUT2D eigenvalue weighted by atomic mass is 10.1. The van der Waals surface area contributed by atoms with Crippen LogP contribution in [0.3, 0.4) is 0 Å². The van der Waals surface area contributed by atoms with Gasteiger partial charge in [0.2, 0.25) is 0 Å². The third-order valence-electron chi connectivity index (χ3n) is 5.10. The van der Waals surface area contributed by atoms with Crippen molar-refractivity contribution in [3.05, 3.63) is 82.2 Å². The van der Waals surface area contributed by atoms with Crippen LogP contribution in [0, 0.1) is 27.7 Å². The molecule has 0 atom stereocenters. The Morgan fingerprint density at radius 1 is 1.03 bits per heavy atom. The average molecular weight is 410 g/mol. The highest BCUT2D eigenvalue weighted by atomic mass is 32.2. The molecule has 152 valence electrons. The molecule has 29 heavy (non-hydrogen) atoms. The molecule has 3 aromatic rings. The zero-order valence-corrected chi connectivity index (χ0v) is 18.3. The Morgan fingerprint density at radius 3 is 2.38 bits per heavy atom. The number of nitrogens with zero attached hydrogens (tertiary/aromatic N) is 2. The lowest BCUT2D eigenvalue weighted by Crippen LogP contribution is -2.18. The molecule has 1 aromatic heterocycles. The van der Waals surface area contributed by atoms with Gasteiger partial charge in [-0.2, -0.15) is 13.5 Å². The summed E-state index contributed by atoms with van der Waals surface area (Å²) in [5.74, 6) is 0. The van der Waals surface area contributed by atoms with Crippen molar-refractivity contribution in [3.63, 3.8) is 0 Å². The highest BCUT2D eigenvalue weighted by molar-refractivity contribution is 7.89. The molecule has 5 nitrogen and oxygen atoms in total. The van der Waals surface area contributed by atoms with Gasteiger partial charge in [-0.1, -0.05) is 42.8 Å². The molecule has 0 saturated carbocycles. The van der Waals surface area contributed by atoms with Crippen LogP contribution >= 0.6 is 0 Å². The molecule has 0 radical (unpaired) electrons. The monoisotopic (exact) mass is 409 g/mol. The molecule has 0 bridgehead atoms. The first-order valence-electron chi connectivity index (χ1n) is 9.64. The quantitative estimate of drug-likeness (QED) is 0.478. The third kappa shape index (κ3) is 4.27. The molecule has 0 aliphatic carbocycles. The summed E-state index contributed by atoms with van der Waals surface area (Å²) in [6.07, 6.45) is 2.50. The lowest BCUT2D eigenvalue weighted by Gasteiger charge is -2.17. The van der Waals surface area contributed by atoms with E-state index in [-0.39, 0.29) is 4.90 Å². The molecule has 6 heteroatoms. The van der Waals surface area contributed by atoms with Crippen molar-refractivity contribution in [2.24, 2.45) is 5.10 Å². The molecule has 0 saturated heterocycles. The molecule has 0 fully saturated rings.